The number of nitrogens with one attached hydrogen (secondary N) is 1. The molecule has 0 aromatic carbocycles. The van der Waals surface area contributed by atoms with E-state index in [4.69, 9.17) is 0 Å². The molecule has 0 unspecified atom stereocenters. The number of halogens is 3. The third-order valence-corrected chi connectivity index (χ3v) is 3.05. The van der Waals surface area contributed by atoms with Gasteiger partial charge in [-0.3, -0.25) is 0 Å². The summed E-state index contributed by atoms with van der Waals surface area (Å²) in [5.41, 5.74) is 0.201. The molecule has 17 heavy (non-hydrogen) atoms. The highest BCUT2D eigenvalue weighted by Crippen LogP contribution is 2.24. The highest BCUT2D eigenvalue weighted by Gasteiger charge is 2.27. The van der Waals surface area contributed by atoms with Crippen molar-refractivity contribution in [3.8, 4) is 0 Å². The standard InChI is InChI=1S/C12H24F3NO/c1-10(2)11(3,4)8-16-6-5-7-17-9-12(13,14)15/h10,16H,5-9H2,1-4H3. The van der Waals surface area contributed by atoms with E-state index in [9.17, 15) is 13.2 Å². The molecule has 0 bridgehead atoms. The minimum Gasteiger partial charge on any atom is -0.372 e. The first-order valence-electron chi connectivity index (χ1n) is 6.00. The Labute approximate surface area is 102 Å². The minimum atomic E-state index is -4.22. The molecule has 0 rings (SSSR count). The van der Waals surface area contributed by atoms with Gasteiger partial charge in [-0.25, -0.2) is 0 Å². The van der Waals surface area contributed by atoms with Gasteiger partial charge < -0.3 is 10.1 Å². The maximum absolute atomic E-state index is 11.7. The monoisotopic (exact) mass is 255 g/mol. The maximum Gasteiger partial charge on any atom is 0.411 e. The Morgan fingerprint density at radius 2 is 1.76 bits per heavy atom. The molecule has 0 spiro atoms. The van der Waals surface area contributed by atoms with Crippen molar-refractivity contribution in [3.05, 3.63) is 0 Å². The van der Waals surface area contributed by atoms with Crippen LogP contribution in [-0.2, 0) is 4.74 Å². The molecule has 0 aliphatic rings. The summed E-state index contributed by atoms with van der Waals surface area (Å²) in [6, 6.07) is 0. The van der Waals surface area contributed by atoms with Gasteiger partial charge in [0.1, 0.15) is 6.61 Å². The summed E-state index contributed by atoms with van der Waals surface area (Å²) in [4.78, 5) is 0. The first-order valence-corrected chi connectivity index (χ1v) is 6.00. The summed E-state index contributed by atoms with van der Waals surface area (Å²) in [5, 5.41) is 3.24. The summed E-state index contributed by atoms with van der Waals surface area (Å²) in [6.45, 7) is 9.22. The highest BCUT2D eigenvalue weighted by molar-refractivity contribution is 4.74. The summed E-state index contributed by atoms with van der Waals surface area (Å²) in [5.74, 6) is 0.566. The zero-order valence-corrected chi connectivity index (χ0v) is 11.2. The van der Waals surface area contributed by atoms with Crippen LogP contribution in [0.5, 0.6) is 0 Å². The molecule has 0 amide bonds. The van der Waals surface area contributed by atoms with Gasteiger partial charge in [-0.05, 0) is 24.3 Å². The molecule has 0 fully saturated rings. The van der Waals surface area contributed by atoms with E-state index in [2.05, 4.69) is 37.7 Å². The van der Waals surface area contributed by atoms with Crippen LogP contribution in [0.2, 0.25) is 0 Å². The van der Waals surface area contributed by atoms with E-state index in [0.717, 1.165) is 6.54 Å². The molecule has 5 heteroatoms. The number of ether oxygens (including phenoxy) is 1. The average molecular weight is 255 g/mol. The Hall–Kier alpha value is -0.290. The van der Waals surface area contributed by atoms with Crippen LogP contribution in [0, 0.1) is 11.3 Å². The normalized spacial score (nSPS) is 13.4. The maximum atomic E-state index is 11.7. The van der Waals surface area contributed by atoms with Crippen molar-refractivity contribution >= 4 is 0 Å². The number of rotatable bonds is 8. The molecule has 0 saturated carbocycles. The molecule has 0 atom stereocenters. The Bertz CT molecular complexity index is 202. The smallest absolute Gasteiger partial charge is 0.372 e. The molecule has 0 radical (unpaired) electrons. The summed E-state index contributed by atoms with van der Waals surface area (Å²) in [6.07, 6.45) is -3.61. The summed E-state index contributed by atoms with van der Waals surface area (Å²) >= 11 is 0. The van der Waals surface area contributed by atoms with Crippen molar-refractivity contribution < 1.29 is 17.9 Å². The lowest BCUT2D eigenvalue weighted by atomic mass is 9.81. The SMILES string of the molecule is CC(C)C(C)(C)CNCCCOCC(F)(F)F. The van der Waals surface area contributed by atoms with Crippen molar-refractivity contribution in [2.45, 2.75) is 40.3 Å². The summed E-state index contributed by atoms with van der Waals surface area (Å²) < 4.78 is 39.7. The largest absolute Gasteiger partial charge is 0.411 e. The first-order chi connectivity index (χ1) is 7.65. The zero-order chi connectivity index (χ0) is 13.5. The number of alkyl halides is 3. The molecule has 0 aliphatic carbocycles. The van der Waals surface area contributed by atoms with Crippen LogP contribution >= 0.6 is 0 Å². The molecular weight excluding hydrogens is 231 g/mol. The van der Waals surface area contributed by atoms with Crippen molar-refractivity contribution in [2.75, 3.05) is 26.3 Å². The van der Waals surface area contributed by atoms with Gasteiger partial charge in [-0.15, -0.1) is 0 Å². The van der Waals surface area contributed by atoms with E-state index in [0.29, 0.717) is 18.9 Å². The number of hydrogen-bond donors (Lipinski definition) is 1. The van der Waals surface area contributed by atoms with Crippen molar-refractivity contribution in [2.24, 2.45) is 11.3 Å². The van der Waals surface area contributed by atoms with Gasteiger partial charge in [0, 0.05) is 13.2 Å². The number of hydrogen-bond acceptors (Lipinski definition) is 2. The Morgan fingerprint density at radius 3 is 2.24 bits per heavy atom. The Kier molecular flexibility index (Phi) is 7.09. The van der Waals surface area contributed by atoms with Gasteiger partial charge >= 0.3 is 6.18 Å². The fourth-order valence-electron chi connectivity index (χ4n) is 1.10. The second-order valence-electron chi connectivity index (χ2n) is 5.34. The zero-order valence-electron chi connectivity index (χ0n) is 11.2. The molecule has 104 valence electrons. The lowest BCUT2D eigenvalue weighted by molar-refractivity contribution is -0.173. The molecule has 0 heterocycles. The Balaban J connectivity index is 3.42. The van der Waals surface area contributed by atoms with Crippen LogP contribution < -0.4 is 5.32 Å². The minimum absolute atomic E-state index is 0.147. The Morgan fingerprint density at radius 1 is 1.18 bits per heavy atom. The molecule has 0 saturated heterocycles. The van der Waals surface area contributed by atoms with Crippen molar-refractivity contribution in [3.63, 3.8) is 0 Å². The lowest BCUT2D eigenvalue weighted by Crippen LogP contribution is -2.34. The van der Waals surface area contributed by atoms with Crippen LogP contribution in [-0.4, -0.2) is 32.5 Å². The van der Waals surface area contributed by atoms with E-state index in [1.165, 1.54) is 0 Å². The van der Waals surface area contributed by atoms with Crippen LogP contribution in [0.25, 0.3) is 0 Å². The topological polar surface area (TPSA) is 21.3 Å². The second-order valence-corrected chi connectivity index (χ2v) is 5.34. The van der Waals surface area contributed by atoms with Gasteiger partial charge in [0.15, 0.2) is 0 Å². The molecular formula is C12H24F3NO. The van der Waals surface area contributed by atoms with Gasteiger partial charge in [-0.1, -0.05) is 27.7 Å². The van der Waals surface area contributed by atoms with Crippen LogP contribution in [0.4, 0.5) is 13.2 Å². The van der Waals surface area contributed by atoms with E-state index in [-0.39, 0.29) is 12.0 Å². The van der Waals surface area contributed by atoms with Crippen LogP contribution in [0.15, 0.2) is 0 Å². The summed E-state index contributed by atoms with van der Waals surface area (Å²) in [7, 11) is 0. The van der Waals surface area contributed by atoms with Crippen molar-refractivity contribution in [1.29, 1.82) is 0 Å². The lowest BCUT2D eigenvalue weighted by Gasteiger charge is -2.29. The predicted octanol–water partition coefficient (Wildman–Crippen LogP) is 3.23. The third kappa shape index (κ3) is 9.41. The predicted molar refractivity (Wildman–Crippen MR) is 63.0 cm³/mol. The van der Waals surface area contributed by atoms with E-state index < -0.39 is 12.8 Å². The van der Waals surface area contributed by atoms with E-state index in [1.54, 1.807) is 0 Å². The first kappa shape index (κ1) is 16.7. The quantitative estimate of drug-likeness (QED) is 0.672. The molecule has 1 N–H and O–H groups in total. The van der Waals surface area contributed by atoms with Gasteiger partial charge in [-0.2, -0.15) is 13.2 Å². The molecule has 0 aliphatic heterocycles. The van der Waals surface area contributed by atoms with Crippen LogP contribution in [0.1, 0.15) is 34.1 Å². The average Bonchev–Trinajstić information content (AvgIpc) is 2.14. The fourth-order valence-corrected chi connectivity index (χ4v) is 1.10. The van der Waals surface area contributed by atoms with Crippen LogP contribution in [0.3, 0.4) is 0 Å². The highest BCUT2D eigenvalue weighted by atomic mass is 19.4. The molecule has 0 aromatic heterocycles. The van der Waals surface area contributed by atoms with Gasteiger partial charge in [0.2, 0.25) is 0 Å². The van der Waals surface area contributed by atoms with Gasteiger partial charge in [0.25, 0.3) is 0 Å². The second kappa shape index (κ2) is 7.21. The van der Waals surface area contributed by atoms with Crippen molar-refractivity contribution in [1.82, 2.24) is 5.32 Å². The van der Waals surface area contributed by atoms with Gasteiger partial charge in [0.05, 0.1) is 0 Å². The third-order valence-electron chi connectivity index (χ3n) is 3.05. The fraction of sp³-hybridized carbons (Fsp3) is 1.00. The molecule has 2 nitrogen and oxygen atoms in total. The molecule has 0 aromatic rings. The van der Waals surface area contributed by atoms with E-state index >= 15 is 0 Å². The van der Waals surface area contributed by atoms with E-state index in [1.807, 2.05) is 0 Å².